The molecule has 0 radical (unpaired) electrons. The maximum Gasteiger partial charge on any atom is 0.341 e. The summed E-state index contributed by atoms with van der Waals surface area (Å²) in [7, 11) is 0. The highest BCUT2D eigenvalue weighted by Gasteiger charge is 2.29. The molecule has 0 spiro atoms. The van der Waals surface area contributed by atoms with Crippen molar-refractivity contribution in [2.45, 2.75) is 65.9 Å². The van der Waals surface area contributed by atoms with Gasteiger partial charge in [-0.3, -0.25) is 4.79 Å². The quantitative estimate of drug-likeness (QED) is 0.630. The number of nitrogens with one attached hydrogen (secondary N) is 1. The van der Waals surface area contributed by atoms with Crippen molar-refractivity contribution in [2.75, 3.05) is 11.9 Å². The van der Waals surface area contributed by atoms with E-state index in [0.717, 1.165) is 42.4 Å². The maximum atomic E-state index is 13.0. The molecule has 6 heteroatoms. The summed E-state index contributed by atoms with van der Waals surface area (Å²) in [5, 5.41) is 3.55. The zero-order chi connectivity index (χ0) is 21.0. The molecule has 0 aliphatic heterocycles. The first kappa shape index (κ1) is 21.4. The van der Waals surface area contributed by atoms with Gasteiger partial charge in [-0.05, 0) is 75.6 Å². The number of rotatable bonds is 7. The zero-order valence-corrected chi connectivity index (χ0v) is 18.4. The van der Waals surface area contributed by atoms with Crippen LogP contribution in [0.3, 0.4) is 0 Å². The summed E-state index contributed by atoms with van der Waals surface area (Å²) < 4.78 is 11.3. The fraction of sp³-hybridized carbons (Fsp3) is 0.478. The van der Waals surface area contributed by atoms with Gasteiger partial charge in [-0.2, -0.15) is 0 Å². The highest BCUT2D eigenvalue weighted by molar-refractivity contribution is 7.17. The number of carbonyl (C=O) groups is 2. The van der Waals surface area contributed by atoms with Gasteiger partial charge in [0.1, 0.15) is 10.8 Å². The van der Waals surface area contributed by atoms with E-state index < -0.39 is 6.10 Å². The van der Waals surface area contributed by atoms with Gasteiger partial charge < -0.3 is 14.8 Å². The van der Waals surface area contributed by atoms with Crippen LogP contribution in [0.5, 0.6) is 5.75 Å². The summed E-state index contributed by atoms with van der Waals surface area (Å²) in [5.41, 5.74) is 3.64. The Labute approximate surface area is 176 Å². The van der Waals surface area contributed by atoms with Gasteiger partial charge in [-0.25, -0.2) is 4.79 Å². The summed E-state index contributed by atoms with van der Waals surface area (Å²) in [6.07, 6.45) is 3.85. The van der Waals surface area contributed by atoms with Crippen LogP contribution in [-0.4, -0.2) is 24.6 Å². The van der Waals surface area contributed by atoms with Crippen molar-refractivity contribution in [3.8, 4) is 5.75 Å². The molecular formula is C23H29NO4S. The predicted molar refractivity (Wildman–Crippen MR) is 116 cm³/mol. The van der Waals surface area contributed by atoms with Gasteiger partial charge in [0.05, 0.1) is 12.2 Å². The number of anilines is 1. The summed E-state index contributed by atoms with van der Waals surface area (Å²) in [5.74, 6) is 0.117. The Kier molecular flexibility index (Phi) is 6.96. The number of hydrogen-bond acceptors (Lipinski definition) is 5. The van der Waals surface area contributed by atoms with Gasteiger partial charge in [-0.1, -0.05) is 19.1 Å². The molecule has 29 heavy (non-hydrogen) atoms. The summed E-state index contributed by atoms with van der Waals surface area (Å²) in [4.78, 5) is 26.8. The number of esters is 1. The van der Waals surface area contributed by atoms with E-state index >= 15 is 0 Å². The molecule has 1 heterocycles. The number of benzene rings is 1. The SMILES string of the molecule is CCOC(=O)c1c(NC(=O)[C@H](CC)Oc2cc(C)ccc2C)sc2c1CCCC2. The molecule has 0 unspecified atom stereocenters. The first-order valence-electron chi connectivity index (χ1n) is 10.3. The summed E-state index contributed by atoms with van der Waals surface area (Å²) in [6.45, 7) is 7.98. The Morgan fingerprint density at radius 1 is 1.17 bits per heavy atom. The second-order valence-corrected chi connectivity index (χ2v) is 8.51. The van der Waals surface area contributed by atoms with Crippen LogP contribution in [0.4, 0.5) is 5.00 Å². The van der Waals surface area contributed by atoms with Crippen molar-refractivity contribution in [3.63, 3.8) is 0 Å². The molecule has 0 fully saturated rings. The van der Waals surface area contributed by atoms with E-state index in [9.17, 15) is 9.59 Å². The van der Waals surface area contributed by atoms with Crippen LogP contribution in [0.2, 0.25) is 0 Å². The van der Waals surface area contributed by atoms with Crippen LogP contribution in [0.15, 0.2) is 18.2 Å². The lowest BCUT2D eigenvalue weighted by Gasteiger charge is -2.19. The topological polar surface area (TPSA) is 64.6 Å². The number of hydrogen-bond donors (Lipinski definition) is 1. The van der Waals surface area contributed by atoms with Crippen molar-refractivity contribution < 1.29 is 19.1 Å². The van der Waals surface area contributed by atoms with E-state index in [4.69, 9.17) is 9.47 Å². The smallest absolute Gasteiger partial charge is 0.341 e. The Hall–Kier alpha value is -2.34. The lowest BCUT2D eigenvalue weighted by atomic mass is 9.95. The zero-order valence-electron chi connectivity index (χ0n) is 17.6. The third-order valence-corrected chi connectivity index (χ3v) is 6.37. The van der Waals surface area contributed by atoms with E-state index in [1.54, 1.807) is 6.92 Å². The number of amides is 1. The molecule has 1 amide bonds. The number of aryl methyl sites for hydroxylation is 3. The van der Waals surface area contributed by atoms with Crippen molar-refractivity contribution in [1.82, 2.24) is 0 Å². The largest absolute Gasteiger partial charge is 0.480 e. The average molecular weight is 416 g/mol. The lowest BCUT2D eigenvalue weighted by molar-refractivity contribution is -0.122. The molecule has 1 aromatic carbocycles. The Morgan fingerprint density at radius 2 is 1.93 bits per heavy atom. The number of carbonyl (C=O) groups excluding carboxylic acids is 2. The Bertz CT molecular complexity index is 903. The van der Waals surface area contributed by atoms with Crippen LogP contribution in [0.25, 0.3) is 0 Å². The van der Waals surface area contributed by atoms with Gasteiger partial charge in [0, 0.05) is 4.88 Å². The molecule has 0 saturated heterocycles. The highest BCUT2D eigenvalue weighted by Crippen LogP contribution is 2.38. The first-order valence-corrected chi connectivity index (χ1v) is 11.1. The fourth-order valence-electron chi connectivity index (χ4n) is 3.58. The lowest BCUT2D eigenvalue weighted by Crippen LogP contribution is -2.32. The van der Waals surface area contributed by atoms with Crippen molar-refractivity contribution in [3.05, 3.63) is 45.3 Å². The Morgan fingerprint density at radius 3 is 2.66 bits per heavy atom. The number of thiophene rings is 1. The highest BCUT2D eigenvalue weighted by atomic mass is 32.1. The van der Waals surface area contributed by atoms with Crippen molar-refractivity contribution in [2.24, 2.45) is 0 Å². The molecule has 2 aromatic rings. The third kappa shape index (κ3) is 4.81. The minimum Gasteiger partial charge on any atom is -0.480 e. The molecular weight excluding hydrogens is 386 g/mol. The maximum absolute atomic E-state index is 13.0. The van der Waals surface area contributed by atoms with Crippen LogP contribution in [-0.2, 0) is 22.4 Å². The second-order valence-electron chi connectivity index (χ2n) is 7.41. The molecule has 0 saturated carbocycles. The number of fused-ring (bicyclic) bond motifs is 1. The summed E-state index contributed by atoms with van der Waals surface area (Å²) in [6, 6.07) is 5.95. The molecule has 1 aliphatic rings. The molecule has 5 nitrogen and oxygen atoms in total. The van der Waals surface area contributed by atoms with Crippen molar-refractivity contribution >= 4 is 28.2 Å². The van der Waals surface area contributed by atoms with Crippen LogP contribution in [0.1, 0.15) is 65.0 Å². The van der Waals surface area contributed by atoms with Gasteiger partial charge in [0.25, 0.3) is 5.91 Å². The van der Waals surface area contributed by atoms with Gasteiger partial charge in [-0.15, -0.1) is 11.3 Å². The van der Waals surface area contributed by atoms with Gasteiger partial charge in [0.2, 0.25) is 0 Å². The van der Waals surface area contributed by atoms with Crippen LogP contribution >= 0.6 is 11.3 Å². The Balaban J connectivity index is 1.84. The second kappa shape index (κ2) is 9.44. The van der Waals surface area contributed by atoms with E-state index in [1.165, 1.54) is 16.2 Å². The van der Waals surface area contributed by atoms with Crippen LogP contribution in [0, 0.1) is 13.8 Å². The molecule has 1 aromatic heterocycles. The molecule has 1 atom stereocenters. The van der Waals surface area contributed by atoms with E-state index in [2.05, 4.69) is 5.32 Å². The third-order valence-electron chi connectivity index (χ3n) is 5.16. The van der Waals surface area contributed by atoms with Gasteiger partial charge in [0.15, 0.2) is 6.10 Å². The summed E-state index contributed by atoms with van der Waals surface area (Å²) >= 11 is 1.50. The molecule has 1 N–H and O–H groups in total. The average Bonchev–Trinajstić information content (AvgIpc) is 3.06. The fourth-order valence-corrected chi connectivity index (χ4v) is 4.86. The van der Waals surface area contributed by atoms with E-state index in [0.29, 0.717) is 29.3 Å². The van der Waals surface area contributed by atoms with Crippen LogP contribution < -0.4 is 10.1 Å². The molecule has 3 rings (SSSR count). The normalized spacial score (nSPS) is 14.1. The number of ether oxygens (including phenoxy) is 2. The van der Waals surface area contributed by atoms with Gasteiger partial charge >= 0.3 is 5.97 Å². The molecule has 156 valence electrons. The monoisotopic (exact) mass is 415 g/mol. The van der Waals surface area contributed by atoms with Crippen molar-refractivity contribution in [1.29, 1.82) is 0 Å². The van der Waals surface area contributed by atoms with E-state index in [1.807, 2.05) is 39.0 Å². The minimum atomic E-state index is -0.635. The van der Waals surface area contributed by atoms with E-state index in [-0.39, 0.29) is 11.9 Å². The molecule has 1 aliphatic carbocycles. The minimum absolute atomic E-state index is 0.238. The molecule has 0 bridgehead atoms. The first-order chi connectivity index (χ1) is 13.9. The predicted octanol–water partition coefficient (Wildman–Crippen LogP) is 5.22. The standard InChI is InChI=1S/C23H29NO4S/c1-5-17(28-18-13-14(3)11-12-15(18)4)21(25)24-22-20(23(26)27-6-2)16-9-7-8-10-19(16)29-22/h11-13,17H,5-10H2,1-4H3,(H,24,25)/t17-/m0/s1.